The lowest BCUT2D eigenvalue weighted by Gasteiger charge is -2.14. The zero-order chi connectivity index (χ0) is 19.4. The van der Waals surface area contributed by atoms with E-state index in [1.54, 1.807) is 0 Å². The van der Waals surface area contributed by atoms with Crippen molar-refractivity contribution in [3.8, 4) is 0 Å². The Balaban J connectivity index is 1.60. The number of aliphatic hydroxyl groups excluding tert-OH is 1. The van der Waals surface area contributed by atoms with Crippen LogP contribution in [0.1, 0.15) is 22.8 Å². The lowest BCUT2D eigenvalue weighted by atomic mass is 10.0. The molecule has 0 heterocycles. The van der Waals surface area contributed by atoms with Gasteiger partial charge >= 0.3 is 6.18 Å². The number of halogens is 3. The van der Waals surface area contributed by atoms with Crippen molar-refractivity contribution in [1.29, 1.82) is 0 Å². The first kappa shape index (κ1) is 18.9. The van der Waals surface area contributed by atoms with Crippen LogP contribution in [0, 0.1) is 0 Å². The van der Waals surface area contributed by atoms with Crippen LogP contribution in [0.25, 0.3) is 10.8 Å². The second-order valence-corrected chi connectivity index (χ2v) is 6.25. The fourth-order valence-corrected chi connectivity index (χ4v) is 2.90. The second kappa shape index (κ2) is 7.80. The third-order valence-corrected chi connectivity index (χ3v) is 4.35. The molecule has 3 nitrogen and oxygen atoms in total. The summed E-state index contributed by atoms with van der Waals surface area (Å²) < 4.78 is 37.7. The number of amides is 1. The van der Waals surface area contributed by atoms with Gasteiger partial charge in [0.05, 0.1) is 18.1 Å². The molecule has 0 spiro atoms. The van der Waals surface area contributed by atoms with Gasteiger partial charge in [-0.15, -0.1) is 0 Å². The number of alkyl halides is 3. The van der Waals surface area contributed by atoms with Crippen LogP contribution in [-0.2, 0) is 17.4 Å². The summed E-state index contributed by atoms with van der Waals surface area (Å²) in [4.78, 5) is 12.2. The minimum Gasteiger partial charge on any atom is -0.387 e. The summed E-state index contributed by atoms with van der Waals surface area (Å²) in [7, 11) is 0. The van der Waals surface area contributed by atoms with Crippen molar-refractivity contribution in [2.75, 3.05) is 6.54 Å². The maximum absolute atomic E-state index is 12.6. The van der Waals surface area contributed by atoms with E-state index in [1.165, 1.54) is 12.1 Å². The number of fused-ring (bicyclic) bond motifs is 1. The van der Waals surface area contributed by atoms with Crippen molar-refractivity contribution in [3.05, 3.63) is 83.4 Å². The smallest absolute Gasteiger partial charge is 0.387 e. The highest BCUT2D eigenvalue weighted by Gasteiger charge is 2.30. The number of benzene rings is 3. The van der Waals surface area contributed by atoms with Crippen LogP contribution in [0.5, 0.6) is 0 Å². The fraction of sp³-hybridized carbons (Fsp3) is 0.190. The van der Waals surface area contributed by atoms with Crippen LogP contribution >= 0.6 is 0 Å². The number of carbonyl (C=O) groups excluding carboxylic acids is 1. The standard InChI is InChI=1S/C21H18F3NO2/c22-21(23,24)17-10-8-15(9-11-17)19(26)13-25-20(27)12-16-6-3-5-14-4-1-2-7-18(14)16/h1-11,19,26H,12-13H2,(H,25,27)/t19-/m0/s1. The first-order valence-electron chi connectivity index (χ1n) is 8.43. The highest BCUT2D eigenvalue weighted by Crippen LogP contribution is 2.29. The molecule has 1 atom stereocenters. The molecule has 0 aliphatic carbocycles. The predicted octanol–water partition coefficient (Wildman–Crippen LogP) is 4.25. The van der Waals surface area contributed by atoms with E-state index in [0.717, 1.165) is 28.5 Å². The van der Waals surface area contributed by atoms with Gasteiger partial charge in [0.25, 0.3) is 0 Å². The monoisotopic (exact) mass is 373 g/mol. The Morgan fingerprint density at radius 2 is 1.63 bits per heavy atom. The van der Waals surface area contributed by atoms with E-state index < -0.39 is 17.8 Å². The summed E-state index contributed by atoms with van der Waals surface area (Å²) in [6.45, 7) is -0.0744. The Morgan fingerprint density at radius 3 is 2.33 bits per heavy atom. The number of rotatable bonds is 5. The molecule has 6 heteroatoms. The topological polar surface area (TPSA) is 49.3 Å². The largest absolute Gasteiger partial charge is 0.416 e. The highest BCUT2D eigenvalue weighted by atomic mass is 19.4. The molecule has 0 aliphatic rings. The van der Waals surface area contributed by atoms with Crippen molar-refractivity contribution < 1.29 is 23.1 Å². The summed E-state index contributed by atoms with van der Waals surface area (Å²) in [5.74, 6) is -0.266. The van der Waals surface area contributed by atoms with E-state index in [4.69, 9.17) is 0 Å². The van der Waals surface area contributed by atoms with Gasteiger partial charge in [-0.05, 0) is 34.0 Å². The maximum atomic E-state index is 12.6. The highest BCUT2D eigenvalue weighted by molar-refractivity contribution is 5.90. The van der Waals surface area contributed by atoms with E-state index in [-0.39, 0.29) is 18.9 Å². The quantitative estimate of drug-likeness (QED) is 0.702. The van der Waals surface area contributed by atoms with Gasteiger partial charge < -0.3 is 10.4 Å². The van der Waals surface area contributed by atoms with Crippen molar-refractivity contribution in [3.63, 3.8) is 0 Å². The third kappa shape index (κ3) is 4.65. The molecule has 0 unspecified atom stereocenters. The molecular weight excluding hydrogens is 355 g/mol. The fourth-order valence-electron chi connectivity index (χ4n) is 2.90. The molecule has 3 rings (SSSR count). The molecule has 2 N–H and O–H groups in total. The molecular formula is C21H18F3NO2. The molecule has 0 saturated heterocycles. The van der Waals surface area contributed by atoms with Crippen LogP contribution in [0.3, 0.4) is 0 Å². The number of aliphatic hydroxyl groups is 1. The molecule has 0 aliphatic heterocycles. The van der Waals surface area contributed by atoms with Gasteiger partial charge in [-0.25, -0.2) is 0 Å². The maximum Gasteiger partial charge on any atom is 0.416 e. The van der Waals surface area contributed by atoms with Crippen molar-refractivity contribution >= 4 is 16.7 Å². The van der Waals surface area contributed by atoms with Crippen LogP contribution in [-0.4, -0.2) is 17.6 Å². The average molecular weight is 373 g/mol. The van der Waals surface area contributed by atoms with Crippen molar-refractivity contribution in [1.82, 2.24) is 5.32 Å². The molecule has 0 saturated carbocycles. The first-order valence-corrected chi connectivity index (χ1v) is 8.43. The van der Waals surface area contributed by atoms with Gasteiger partial charge in [-0.3, -0.25) is 4.79 Å². The van der Waals surface area contributed by atoms with Crippen LogP contribution in [0.4, 0.5) is 13.2 Å². The molecule has 1 amide bonds. The summed E-state index contributed by atoms with van der Waals surface area (Å²) in [6.07, 6.45) is -5.35. The zero-order valence-corrected chi connectivity index (χ0v) is 14.3. The van der Waals surface area contributed by atoms with E-state index in [9.17, 15) is 23.1 Å². The van der Waals surface area contributed by atoms with Gasteiger partial charge in [-0.2, -0.15) is 13.2 Å². The van der Waals surface area contributed by atoms with Crippen LogP contribution in [0.2, 0.25) is 0 Å². The lowest BCUT2D eigenvalue weighted by Crippen LogP contribution is -2.29. The average Bonchev–Trinajstić information content (AvgIpc) is 2.66. The normalized spacial score (nSPS) is 12.7. The third-order valence-electron chi connectivity index (χ3n) is 4.35. The summed E-state index contributed by atoms with van der Waals surface area (Å²) >= 11 is 0. The van der Waals surface area contributed by atoms with E-state index in [1.807, 2.05) is 42.5 Å². The molecule has 0 radical (unpaired) electrons. The van der Waals surface area contributed by atoms with Crippen LogP contribution in [0.15, 0.2) is 66.7 Å². The van der Waals surface area contributed by atoms with Gasteiger partial charge in [0.15, 0.2) is 0 Å². The molecule has 0 aromatic heterocycles. The summed E-state index contributed by atoms with van der Waals surface area (Å²) in [6, 6.07) is 17.7. The first-order chi connectivity index (χ1) is 12.8. The molecule has 0 bridgehead atoms. The number of hydrogen-bond donors (Lipinski definition) is 2. The minimum absolute atomic E-state index is 0.0744. The minimum atomic E-state index is -4.42. The molecule has 0 fully saturated rings. The van der Waals surface area contributed by atoms with Crippen LogP contribution < -0.4 is 5.32 Å². The van der Waals surface area contributed by atoms with Gasteiger partial charge in [0.1, 0.15) is 0 Å². The van der Waals surface area contributed by atoms with E-state index in [0.29, 0.717) is 5.56 Å². The molecule has 27 heavy (non-hydrogen) atoms. The Labute approximate surface area is 154 Å². The summed E-state index contributed by atoms with van der Waals surface area (Å²) in [5, 5.41) is 14.8. The van der Waals surface area contributed by atoms with E-state index in [2.05, 4.69) is 5.32 Å². The Hall–Kier alpha value is -2.86. The van der Waals surface area contributed by atoms with Gasteiger partial charge in [-0.1, -0.05) is 54.6 Å². The zero-order valence-electron chi connectivity index (χ0n) is 14.3. The number of carbonyl (C=O) groups is 1. The second-order valence-electron chi connectivity index (χ2n) is 6.25. The van der Waals surface area contributed by atoms with Crippen molar-refractivity contribution in [2.45, 2.75) is 18.7 Å². The lowest BCUT2D eigenvalue weighted by molar-refractivity contribution is -0.137. The number of hydrogen-bond acceptors (Lipinski definition) is 2. The van der Waals surface area contributed by atoms with Gasteiger partial charge in [0.2, 0.25) is 5.91 Å². The molecule has 3 aromatic rings. The Morgan fingerprint density at radius 1 is 0.963 bits per heavy atom. The van der Waals surface area contributed by atoms with E-state index >= 15 is 0 Å². The SMILES string of the molecule is O=C(Cc1cccc2ccccc12)NC[C@H](O)c1ccc(C(F)(F)F)cc1. The Kier molecular flexibility index (Phi) is 5.46. The molecule has 140 valence electrons. The Bertz CT molecular complexity index is 931. The molecule has 3 aromatic carbocycles. The van der Waals surface area contributed by atoms with Crippen molar-refractivity contribution in [2.24, 2.45) is 0 Å². The summed E-state index contributed by atoms with van der Waals surface area (Å²) in [5.41, 5.74) is 0.404. The predicted molar refractivity (Wildman–Crippen MR) is 97.1 cm³/mol. The number of nitrogens with one attached hydrogen (secondary N) is 1. The van der Waals surface area contributed by atoms with Gasteiger partial charge in [0, 0.05) is 6.54 Å².